The van der Waals surface area contributed by atoms with Crippen LogP contribution in [0.3, 0.4) is 0 Å². The van der Waals surface area contributed by atoms with Crippen LogP contribution in [0.2, 0.25) is 0 Å². The van der Waals surface area contributed by atoms with Crippen LogP contribution in [0.5, 0.6) is 0 Å². The van der Waals surface area contributed by atoms with Crippen molar-refractivity contribution < 1.29 is 0 Å². The van der Waals surface area contributed by atoms with Crippen LogP contribution >= 0.6 is 0 Å². The fourth-order valence-corrected chi connectivity index (χ4v) is 2.58. The van der Waals surface area contributed by atoms with Gasteiger partial charge in [-0.05, 0) is 77.5 Å². The molecule has 0 atom stereocenters. The van der Waals surface area contributed by atoms with E-state index in [-0.39, 0.29) is 0 Å². The Bertz CT molecular complexity index is 226. The molecule has 18 heavy (non-hydrogen) atoms. The summed E-state index contributed by atoms with van der Waals surface area (Å²) < 4.78 is 0. The first-order valence-electron chi connectivity index (χ1n) is 7.64. The molecule has 0 aromatic carbocycles. The molecule has 0 radical (unpaired) electrons. The lowest BCUT2D eigenvalue weighted by atomic mass is 9.91. The number of nitrogens with one attached hydrogen (secondary N) is 1. The highest BCUT2D eigenvalue weighted by Crippen LogP contribution is 2.23. The Morgan fingerprint density at radius 1 is 1.00 bits per heavy atom. The first-order chi connectivity index (χ1) is 8.18. The van der Waals surface area contributed by atoms with Crippen LogP contribution in [0, 0.1) is 11.3 Å². The average molecular weight is 254 g/mol. The van der Waals surface area contributed by atoms with Crippen molar-refractivity contribution in [2.24, 2.45) is 11.3 Å². The van der Waals surface area contributed by atoms with Crippen LogP contribution < -0.4 is 5.32 Å². The summed E-state index contributed by atoms with van der Waals surface area (Å²) in [5, 5.41) is 3.65. The Hall–Kier alpha value is -0.0800. The molecule has 108 valence electrons. The Balaban J connectivity index is 2.13. The molecule has 0 bridgehead atoms. The van der Waals surface area contributed by atoms with Crippen LogP contribution in [0.25, 0.3) is 0 Å². The average Bonchev–Trinajstić information content (AvgIpc) is 2.22. The number of rotatable bonds is 4. The largest absolute Gasteiger partial charge is 0.316 e. The fourth-order valence-electron chi connectivity index (χ4n) is 2.58. The lowest BCUT2D eigenvalue weighted by Crippen LogP contribution is -2.47. The number of hydrogen-bond acceptors (Lipinski definition) is 2. The van der Waals surface area contributed by atoms with Crippen LogP contribution in [0.4, 0.5) is 0 Å². The van der Waals surface area contributed by atoms with Gasteiger partial charge >= 0.3 is 0 Å². The van der Waals surface area contributed by atoms with E-state index in [0.29, 0.717) is 11.0 Å². The number of likely N-dealkylation sites (tertiary alicyclic amines) is 1. The zero-order chi connectivity index (χ0) is 13.8. The molecule has 2 nitrogen and oxygen atoms in total. The third-order valence-corrected chi connectivity index (χ3v) is 4.05. The molecule has 0 aliphatic carbocycles. The Kier molecular flexibility index (Phi) is 5.67. The van der Waals surface area contributed by atoms with Gasteiger partial charge in [0.15, 0.2) is 0 Å². The van der Waals surface area contributed by atoms with E-state index in [1.165, 1.54) is 45.4 Å². The Morgan fingerprint density at radius 3 is 2.00 bits per heavy atom. The molecule has 0 saturated carbocycles. The molecular weight excluding hydrogens is 220 g/mol. The maximum atomic E-state index is 3.65. The molecule has 0 amide bonds. The lowest BCUT2D eigenvalue weighted by Gasteiger charge is -2.41. The highest BCUT2D eigenvalue weighted by Gasteiger charge is 2.26. The van der Waals surface area contributed by atoms with Gasteiger partial charge in [0.1, 0.15) is 0 Å². The summed E-state index contributed by atoms with van der Waals surface area (Å²) in [5.74, 6) is 0.892. The fraction of sp³-hybridized carbons (Fsp3) is 1.00. The molecule has 1 heterocycles. The third-order valence-electron chi connectivity index (χ3n) is 4.05. The summed E-state index contributed by atoms with van der Waals surface area (Å²) in [6, 6.07) is 0. The molecule has 1 rings (SSSR count). The van der Waals surface area contributed by atoms with Crippen LogP contribution in [0.15, 0.2) is 0 Å². The van der Waals surface area contributed by atoms with E-state index in [2.05, 4.69) is 51.8 Å². The van der Waals surface area contributed by atoms with E-state index in [4.69, 9.17) is 0 Å². The molecule has 1 saturated heterocycles. The van der Waals surface area contributed by atoms with Gasteiger partial charge in [0.25, 0.3) is 0 Å². The summed E-state index contributed by atoms with van der Waals surface area (Å²) in [4.78, 5) is 2.62. The number of hydrogen-bond donors (Lipinski definition) is 1. The molecule has 2 heteroatoms. The highest BCUT2D eigenvalue weighted by atomic mass is 15.2. The summed E-state index contributed by atoms with van der Waals surface area (Å²) in [6.45, 7) is 18.9. The normalized spacial score (nSPS) is 20.3. The lowest BCUT2D eigenvalue weighted by molar-refractivity contribution is 0.0871. The zero-order valence-electron chi connectivity index (χ0n) is 13.5. The summed E-state index contributed by atoms with van der Waals surface area (Å²) >= 11 is 0. The molecule has 1 N–H and O–H groups in total. The van der Waals surface area contributed by atoms with E-state index in [0.717, 1.165) is 5.92 Å². The minimum absolute atomic E-state index is 0.352. The van der Waals surface area contributed by atoms with Gasteiger partial charge in [0.2, 0.25) is 0 Å². The number of piperidine rings is 1. The van der Waals surface area contributed by atoms with Gasteiger partial charge in [-0.25, -0.2) is 0 Å². The summed E-state index contributed by atoms with van der Waals surface area (Å²) in [7, 11) is 0. The third kappa shape index (κ3) is 6.19. The van der Waals surface area contributed by atoms with Crippen molar-refractivity contribution in [1.82, 2.24) is 10.2 Å². The van der Waals surface area contributed by atoms with Crippen LogP contribution in [-0.2, 0) is 0 Å². The van der Waals surface area contributed by atoms with E-state index >= 15 is 0 Å². The zero-order valence-corrected chi connectivity index (χ0v) is 13.5. The van der Waals surface area contributed by atoms with Crippen LogP contribution in [-0.4, -0.2) is 36.6 Å². The molecule has 1 aliphatic heterocycles. The van der Waals surface area contributed by atoms with Gasteiger partial charge in [0.05, 0.1) is 0 Å². The Labute approximate surface area is 115 Å². The first-order valence-corrected chi connectivity index (χ1v) is 7.64. The molecule has 0 spiro atoms. The van der Waals surface area contributed by atoms with Crippen LogP contribution in [0.1, 0.15) is 60.8 Å². The quantitative estimate of drug-likeness (QED) is 0.772. The van der Waals surface area contributed by atoms with Crippen molar-refractivity contribution in [3.05, 3.63) is 0 Å². The smallest absolute Gasteiger partial charge is 0.0125 e. The SMILES string of the molecule is CC(C)(C)CCNCC1CCN(C(C)(C)C)CC1. The molecule has 0 aromatic heterocycles. The monoisotopic (exact) mass is 254 g/mol. The molecule has 1 fully saturated rings. The Morgan fingerprint density at radius 2 is 1.56 bits per heavy atom. The van der Waals surface area contributed by atoms with E-state index in [9.17, 15) is 0 Å². The maximum absolute atomic E-state index is 3.65. The van der Waals surface area contributed by atoms with Crippen molar-refractivity contribution in [1.29, 1.82) is 0 Å². The minimum atomic E-state index is 0.352. The number of nitrogens with zero attached hydrogens (tertiary/aromatic N) is 1. The van der Waals surface area contributed by atoms with Gasteiger partial charge < -0.3 is 5.32 Å². The summed E-state index contributed by atoms with van der Waals surface area (Å²) in [5.41, 5.74) is 0.813. The molecule has 0 aromatic rings. The predicted molar refractivity (Wildman–Crippen MR) is 81.0 cm³/mol. The minimum Gasteiger partial charge on any atom is -0.316 e. The molecule has 1 aliphatic rings. The van der Waals surface area contributed by atoms with E-state index in [1.54, 1.807) is 0 Å². The highest BCUT2D eigenvalue weighted by molar-refractivity contribution is 4.82. The molecular formula is C16H34N2. The van der Waals surface area contributed by atoms with Crippen molar-refractivity contribution in [3.63, 3.8) is 0 Å². The van der Waals surface area contributed by atoms with Crippen molar-refractivity contribution in [3.8, 4) is 0 Å². The predicted octanol–water partition coefficient (Wildman–Crippen LogP) is 3.52. The van der Waals surface area contributed by atoms with Crippen molar-refractivity contribution in [2.75, 3.05) is 26.2 Å². The van der Waals surface area contributed by atoms with Gasteiger partial charge in [-0.15, -0.1) is 0 Å². The van der Waals surface area contributed by atoms with Crippen molar-refractivity contribution >= 4 is 0 Å². The van der Waals surface area contributed by atoms with Gasteiger partial charge in [-0.1, -0.05) is 20.8 Å². The van der Waals surface area contributed by atoms with Gasteiger partial charge in [0, 0.05) is 5.54 Å². The standard InChI is InChI=1S/C16H34N2/c1-15(2,3)9-10-17-13-14-7-11-18(12-8-14)16(4,5)6/h14,17H,7-13H2,1-6H3. The second-order valence-electron chi connectivity index (χ2n) is 8.12. The van der Waals surface area contributed by atoms with E-state index in [1.807, 2.05) is 0 Å². The van der Waals surface area contributed by atoms with Crippen molar-refractivity contribution in [2.45, 2.75) is 66.3 Å². The van der Waals surface area contributed by atoms with Gasteiger partial charge in [-0.3, -0.25) is 4.90 Å². The maximum Gasteiger partial charge on any atom is 0.0125 e. The second-order valence-corrected chi connectivity index (χ2v) is 8.12. The molecule has 0 unspecified atom stereocenters. The summed E-state index contributed by atoms with van der Waals surface area (Å²) in [6.07, 6.45) is 3.99. The van der Waals surface area contributed by atoms with E-state index < -0.39 is 0 Å². The first kappa shape index (κ1) is 16.0. The second kappa shape index (κ2) is 6.38. The van der Waals surface area contributed by atoms with Gasteiger partial charge in [-0.2, -0.15) is 0 Å². The topological polar surface area (TPSA) is 15.3 Å².